The van der Waals surface area contributed by atoms with Gasteiger partial charge in [-0.25, -0.2) is 0 Å². The fraction of sp³-hybridized carbons (Fsp3) is 0.476. The molecule has 1 aliphatic heterocycles. The summed E-state index contributed by atoms with van der Waals surface area (Å²) < 4.78 is 0. The number of thiophene rings is 1. The molecule has 2 heterocycles. The van der Waals surface area contributed by atoms with Gasteiger partial charge in [0.1, 0.15) is 0 Å². The number of piperidine rings is 1. The maximum absolute atomic E-state index is 6.14. The highest BCUT2D eigenvalue weighted by molar-refractivity contribution is 14.0. The summed E-state index contributed by atoms with van der Waals surface area (Å²) in [6, 6.07) is 10.9. The summed E-state index contributed by atoms with van der Waals surface area (Å²) in [7, 11) is 0. The lowest BCUT2D eigenvalue weighted by molar-refractivity contribution is 0.172. The van der Waals surface area contributed by atoms with E-state index < -0.39 is 0 Å². The average molecular weight is 496 g/mol. The van der Waals surface area contributed by atoms with E-state index in [1.54, 1.807) is 0 Å². The number of hydrogen-bond donors (Lipinski definition) is 2. The van der Waals surface area contributed by atoms with Crippen molar-refractivity contribution in [2.75, 3.05) is 25.0 Å². The summed E-state index contributed by atoms with van der Waals surface area (Å²) in [5, 5.41) is 5.43. The van der Waals surface area contributed by atoms with Crippen LogP contribution in [0.4, 0.5) is 5.69 Å². The Morgan fingerprint density at radius 2 is 2.11 bits per heavy atom. The van der Waals surface area contributed by atoms with E-state index in [0.717, 1.165) is 25.3 Å². The van der Waals surface area contributed by atoms with Gasteiger partial charge in [-0.05, 0) is 79.3 Å². The van der Waals surface area contributed by atoms with Crippen molar-refractivity contribution in [2.45, 2.75) is 38.6 Å². The van der Waals surface area contributed by atoms with Crippen LogP contribution in [0.25, 0.3) is 0 Å². The van der Waals surface area contributed by atoms with Gasteiger partial charge in [0.05, 0.1) is 0 Å². The number of nitrogens with one attached hydrogen (secondary N) is 1. The van der Waals surface area contributed by atoms with Gasteiger partial charge >= 0.3 is 0 Å². The molecule has 0 amide bonds. The first-order valence-electron chi connectivity index (χ1n) is 9.70. The number of guanidine groups is 1. The maximum Gasteiger partial charge on any atom is 0.193 e. The summed E-state index contributed by atoms with van der Waals surface area (Å²) in [4.78, 5) is 8.63. The van der Waals surface area contributed by atoms with E-state index in [0.29, 0.717) is 11.9 Å². The Morgan fingerprint density at radius 1 is 1.22 bits per heavy atom. The minimum Gasteiger partial charge on any atom is -0.370 e. The fourth-order valence-corrected chi connectivity index (χ4v) is 4.88. The van der Waals surface area contributed by atoms with Gasteiger partial charge in [-0.15, -0.1) is 35.3 Å². The number of fused-ring (bicyclic) bond motifs is 1. The third-order valence-electron chi connectivity index (χ3n) is 5.45. The topological polar surface area (TPSA) is 53.6 Å². The van der Waals surface area contributed by atoms with Crippen molar-refractivity contribution < 1.29 is 0 Å². The molecule has 146 valence electrons. The monoisotopic (exact) mass is 496 g/mol. The van der Waals surface area contributed by atoms with E-state index in [9.17, 15) is 0 Å². The fourth-order valence-electron chi connectivity index (χ4n) is 4.13. The van der Waals surface area contributed by atoms with E-state index >= 15 is 0 Å². The first kappa shape index (κ1) is 20.6. The normalized spacial score (nSPS) is 20.1. The standard InChI is InChI=1S/C21H28N4S.HI/c22-21(24-19-9-8-17-5-1-6-18(17)12-19)23-13-16-4-2-10-25(14-16)15-20-7-3-11-26-20;/h3,7-9,11-12,16H,1-2,4-6,10,13-15H2,(H3,22,23,24);1H. The highest BCUT2D eigenvalue weighted by Crippen LogP contribution is 2.25. The molecule has 2 aliphatic rings. The molecule has 0 saturated carbocycles. The minimum atomic E-state index is 0. The predicted molar refractivity (Wildman–Crippen MR) is 126 cm³/mol. The molecule has 1 atom stereocenters. The number of rotatable bonds is 5. The number of aliphatic imine (C=N–C) groups is 1. The van der Waals surface area contributed by atoms with Crippen molar-refractivity contribution in [2.24, 2.45) is 16.6 Å². The first-order valence-corrected chi connectivity index (χ1v) is 10.6. The molecular formula is C21H29IN4S. The van der Waals surface area contributed by atoms with Gasteiger partial charge in [0.25, 0.3) is 0 Å². The predicted octanol–water partition coefficient (Wildman–Crippen LogP) is 4.49. The van der Waals surface area contributed by atoms with Gasteiger partial charge < -0.3 is 11.1 Å². The van der Waals surface area contributed by atoms with Crippen molar-refractivity contribution in [3.8, 4) is 0 Å². The second kappa shape index (κ2) is 9.89. The van der Waals surface area contributed by atoms with Crippen molar-refractivity contribution in [3.05, 3.63) is 51.7 Å². The summed E-state index contributed by atoms with van der Waals surface area (Å²) >= 11 is 1.85. The van der Waals surface area contributed by atoms with Crippen LogP contribution in [0.1, 0.15) is 35.3 Å². The molecule has 1 fully saturated rings. The minimum absolute atomic E-state index is 0. The van der Waals surface area contributed by atoms with E-state index in [1.165, 1.54) is 54.7 Å². The molecule has 1 aliphatic carbocycles. The SMILES string of the molecule is I.NC(=NCC1CCCN(Cc2cccs2)C1)Nc1ccc2c(c1)CCC2. The Bertz CT molecular complexity index is 760. The molecule has 3 N–H and O–H groups in total. The van der Waals surface area contributed by atoms with Crippen LogP contribution < -0.4 is 11.1 Å². The molecule has 0 radical (unpaired) electrons. The quantitative estimate of drug-likeness (QED) is 0.364. The van der Waals surface area contributed by atoms with Crippen molar-refractivity contribution in [1.82, 2.24) is 4.90 Å². The van der Waals surface area contributed by atoms with Crippen LogP contribution in [-0.2, 0) is 19.4 Å². The zero-order chi connectivity index (χ0) is 17.8. The molecule has 1 saturated heterocycles. The van der Waals surface area contributed by atoms with Gasteiger partial charge in [-0.2, -0.15) is 0 Å². The van der Waals surface area contributed by atoms with Crippen molar-refractivity contribution in [1.29, 1.82) is 0 Å². The molecular weight excluding hydrogens is 467 g/mol. The highest BCUT2D eigenvalue weighted by atomic mass is 127. The Morgan fingerprint density at radius 3 is 2.96 bits per heavy atom. The number of anilines is 1. The van der Waals surface area contributed by atoms with Gasteiger partial charge in [0.15, 0.2) is 5.96 Å². The molecule has 1 aromatic heterocycles. The van der Waals surface area contributed by atoms with Crippen LogP contribution in [0.2, 0.25) is 0 Å². The molecule has 0 bridgehead atoms. The first-order chi connectivity index (χ1) is 12.8. The lowest BCUT2D eigenvalue weighted by atomic mass is 9.98. The van der Waals surface area contributed by atoms with Gasteiger partial charge in [0.2, 0.25) is 0 Å². The maximum atomic E-state index is 6.14. The smallest absolute Gasteiger partial charge is 0.193 e. The molecule has 4 nitrogen and oxygen atoms in total. The third kappa shape index (κ3) is 5.68. The number of nitrogens with two attached hydrogens (primary N) is 1. The Balaban J connectivity index is 0.00000210. The summed E-state index contributed by atoms with van der Waals surface area (Å²) in [5.74, 6) is 1.14. The van der Waals surface area contributed by atoms with Gasteiger partial charge in [-0.3, -0.25) is 9.89 Å². The summed E-state index contributed by atoms with van der Waals surface area (Å²) in [6.45, 7) is 4.19. The number of halogens is 1. The second-order valence-electron chi connectivity index (χ2n) is 7.51. The molecule has 0 spiro atoms. The third-order valence-corrected chi connectivity index (χ3v) is 6.31. The molecule has 1 unspecified atom stereocenters. The van der Waals surface area contributed by atoms with Crippen LogP contribution in [-0.4, -0.2) is 30.5 Å². The number of nitrogens with zero attached hydrogens (tertiary/aromatic N) is 2. The van der Waals surface area contributed by atoms with Crippen molar-refractivity contribution >= 4 is 47.0 Å². The Labute approximate surface area is 183 Å². The zero-order valence-electron chi connectivity index (χ0n) is 15.7. The highest BCUT2D eigenvalue weighted by Gasteiger charge is 2.20. The van der Waals surface area contributed by atoms with Crippen LogP contribution >= 0.6 is 35.3 Å². The summed E-state index contributed by atoms with van der Waals surface area (Å²) in [6.07, 6.45) is 6.17. The number of likely N-dealkylation sites (tertiary alicyclic amines) is 1. The molecule has 1 aromatic carbocycles. The number of aryl methyl sites for hydroxylation is 2. The van der Waals surface area contributed by atoms with Crippen LogP contribution in [0, 0.1) is 5.92 Å². The van der Waals surface area contributed by atoms with Crippen LogP contribution in [0.3, 0.4) is 0 Å². The molecule has 2 aromatic rings. The number of benzene rings is 1. The van der Waals surface area contributed by atoms with E-state index in [2.05, 4.69) is 50.9 Å². The largest absolute Gasteiger partial charge is 0.370 e. The second-order valence-corrected chi connectivity index (χ2v) is 8.54. The van der Waals surface area contributed by atoms with Crippen LogP contribution in [0.15, 0.2) is 40.7 Å². The molecule has 6 heteroatoms. The van der Waals surface area contributed by atoms with Crippen LogP contribution in [0.5, 0.6) is 0 Å². The molecule has 4 rings (SSSR count). The van der Waals surface area contributed by atoms with Gasteiger partial charge in [-0.1, -0.05) is 12.1 Å². The van der Waals surface area contributed by atoms with E-state index in [4.69, 9.17) is 5.73 Å². The van der Waals surface area contributed by atoms with E-state index in [1.807, 2.05) is 11.3 Å². The lowest BCUT2D eigenvalue weighted by Crippen LogP contribution is -2.36. The summed E-state index contributed by atoms with van der Waals surface area (Å²) in [5.41, 5.74) is 10.1. The van der Waals surface area contributed by atoms with Crippen molar-refractivity contribution in [3.63, 3.8) is 0 Å². The van der Waals surface area contributed by atoms with Gasteiger partial charge in [0, 0.05) is 30.2 Å². The zero-order valence-corrected chi connectivity index (χ0v) is 18.8. The Kier molecular flexibility index (Phi) is 7.55. The molecule has 27 heavy (non-hydrogen) atoms. The lowest BCUT2D eigenvalue weighted by Gasteiger charge is -2.31. The average Bonchev–Trinajstić information content (AvgIpc) is 3.31. The number of hydrogen-bond acceptors (Lipinski definition) is 3. The Hall–Kier alpha value is -1.12. The van der Waals surface area contributed by atoms with E-state index in [-0.39, 0.29) is 24.0 Å².